The summed E-state index contributed by atoms with van der Waals surface area (Å²) in [6, 6.07) is 7.91. The fourth-order valence-electron chi connectivity index (χ4n) is 3.18. The molecule has 1 aliphatic heterocycles. The Morgan fingerprint density at radius 3 is 2.92 bits per heavy atom. The highest BCUT2D eigenvalue weighted by Gasteiger charge is 2.20. The second kappa shape index (κ2) is 5.46. The number of thioether (sulfide) groups is 1. The molecule has 0 unspecified atom stereocenters. The minimum Gasteiger partial charge on any atom is -0.342 e. The van der Waals surface area contributed by atoms with Crippen LogP contribution in [0.5, 0.6) is 0 Å². The van der Waals surface area contributed by atoms with E-state index < -0.39 is 0 Å². The molecule has 0 saturated carbocycles. The van der Waals surface area contributed by atoms with Gasteiger partial charge in [0.25, 0.3) is 5.56 Å². The lowest BCUT2D eigenvalue weighted by molar-refractivity contribution is 0.902. The third kappa shape index (κ3) is 2.27. The summed E-state index contributed by atoms with van der Waals surface area (Å²) in [5.74, 6) is 2.60. The van der Waals surface area contributed by atoms with Gasteiger partial charge in [-0.2, -0.15) is 0 Å². The first-order valence-corrected chi connectivity index (χ1v) is 9.69. The van der Waals surface area contributed by atoms with E-state index in [9.17, 15) is 4.79 Å². The summed E-state index contributed by atoms with van der Waals surface area (Å²) < 4.78 is 1.26. The lowest BCUT2D eigenvalue weighted by Crippen LogP contribution is -2.13. The van der Waals surface area contributed by atoms with Gasteiger partial charge in [-0.1, -0.05) is 12.1 Å². The zero-order chi connectivity index (χ0) is 16.1. The average molecular weight is 354 g/mol. The van der Waals surface area contributed by atoms with Gasteiger partial charge in [0.05, 0.1) is 27.0 Å². The number of hydrogen-bond acceptors (Lipinski definition) is 5. The van der Waals surface area contributed by atoms with Gasteiger partial charge in [0.15, 0.2) is 0 Å². The molecule has 5 nitrogen and oxygen atoms in total. The maximum atomic E-state index is 12.6. The Bertz CT molecular complexity index is 1090. The van der Waals surface area contributed by atoms with Crippen LogP contribution in [0, 0.1) is 0 Å². The summed E-state index contributed by atoms with van der Waals surface area (Å²) in [6.07, 6.45) is 2.61. The van der Waals surface area contributed by atoms with Crippen LogP contribution in [0.15, 0.2) is 33.3 Å². The molecule has 0 spiro atoms. The predicted octanol–water partition coefficient (Wildman–Crippen LogP) is 3.49. The predicted molar refractivity (Wildman–Crippen MR) is 98.2 cm³/mol. The molecular formula is C17H14N4OS2. The minimum absolute atomic E-state index is 0.0221. The van der Waals surface area contributed by atoms with Crippen LogP contribution in [0.4, 0.5) is 0 Å². The zero-order valence-corrected chi connectivity index (χ0v) is 14.4. The van der Waals surface area contributed by atoms with Crippen molar-refractivity contribution in [1.29, 1.82) is 0 Å². The number of benzene rings is 1. The Balaban J connectivity index is 1.58. The molecule has 0 amide bonds. The van der Waals surface area contributed by atoms with E-state index in [1.807, 2.05) is 36.0 Å². The van der Waals surface area contributed by atoms with Crippen LogP contribution in [-0.4, -0.2) is 25.7 Å². The van der Waals surface area contributed by atoms with Crippen molar-refractivity contribution in [3.05, 3.63) is 51.8 Å². The van der Waals surface area contributed by atoms with E-state index in [2.05, 4.69) is 15.0 Å². The Morgan fingerprint density at radius 1 is 1.12 bits per heavy atom. The molecule has 24 heavy (non-hydrogen) atoms. The number of nitrogens with zero attached hydrogens (tertiary/aromatic N) is 2. The van der Waals surface area contributed by atoms with Crippen LogP contribution < -0.4 is 5.56 Å². The first-order valence-electron chi connectivity index (χ1n) is 7.89. The summed E-state index contributed by atoms with van der Waals surface area (Å²) in [5, 5.41) is 0.788. The molecule has 0 aliphatic carbocycles. The van der Waals surface area contributed by atoms with Gasteiger partial charge in [-0.3, -0.25) is 4.79 Å². The number of aromatic nitrogens is 4. The normalized spacial score (nSPS) is 14.3. The molecule has 1 aromatic carbocycles. The molecule has 2 N–H and O–H groups in total. The number of nitrogens with one attached hydrogen (secondary N) is 2. The van der Waals surface area contributed by atoms with Crippen molar-refractivity contribution in [1.82, 2.24) is 19.9 Å². The van der Waals surface area contributed by atoms with Crippen molar-refractivity contribution in [2.75, 3.05) is 5.75 Å². The van der Waals surface area contributed by atoms with E-state index in [1.54, 1.807) is 11.3 Å². The smallest absolute Gasteiger partial charge is 0.259 e. The van der Waals surface area contributed by atoms with E-state index in [0.717, 1.165) is 45.7 Å². The van der Waals surface area contributed by atoms with Gasteiger partial charge in [0.1, 0.15) is 16.5 Å². The summed E-state index contributed by atoms with van der Waals surface area (Å²) in [6.45, 7) is 0. The van der Waals surface area contributed by atoms with Crippen molar-refractivity contribution >= 4 is 44.3 Å². The van der Waals surface area contributed by atoms with Crippen LogP contribution in [0.25, 0.3) is 21.3 Å². The standard InChI is InChI=1S/C17H14N4OS2/c22-15-14-9-4-3-7-23-17(9)24-16(14)21-13(20-15)8-12-18-10-5-1-2-6-11(10)19-12/h1-2,5-6H,3-4,7-8H2,(H,18,19)(H,20,21,22). The molecular weight excluding hydrogens is 340 g/mol. The van der Waals surface area contributed by atoms with Gasteiger partial charge in [0.2, 0.25) is 0 Å². The number of hydrogen-bond donors (Lipinski definition) is 2. The molecule has 120 valence electrons. The molecule has 0 atom stereocenters. The van der Waals surface area contributed by atoms with Gasteiger partial charge >= 0.3 is 0 Å². The fraction of sp³-hybridized carbons (Fsp3) is 0.235. The Labute approximate surface area is 145 Å². The number of aryl methyl sites for hydroxylation is 1. The van der Waals surface area contributed by atoms with Crippen molar-refractivity contribution in [2.45, 2.75) is 23.5 Å². The third-order valence-electron chi connectivity index (χ3n) is 4.25. The number of thiophene rings is 1. The van der Waals surface area contributed by atoms with E-state index in [0.29, 0.717) is 12.2 Å². The monoisotopic (exact) mass is 354 g/mol. The van der Waals surface area contributed by atoms with Crippen LogP contribution in [0.1, 0.15) is 23.6 Å². The number of imidazole rings is 1. The van der Waals surface area contributed by atoms with Gasteiger partial charge < -0.3 is 9.97 Å². The average Bonchev–Trinajstić information content (AvgIpc) is 3.14. The molecule has 0 saturated heterocycles. The summed E-state index contributed by atoms with van der Waals surface area (Å²) in [7, 11) is 0. The third-order valence-corrected chi connectivity index (χ3v) is 6.78. The number of aromatic amines is 2. The summed E-state index contributed by atoms with van der Waals surface area (Å²) in [5.41, 5.74) is 3.10. The van der Waals surface area contributed by atoms with Crippen molar-refractivity contribution in [2.24, 2.45) is 0 Å². The van der Waals surface area contributed by atoms with Gasteiger partial charge in [-0.05, 0) is 36.3 Å². The van der Waals surface area contributed by atoms with E-state index in [4.69, 9.17) is 4.98 Å². The van der Waals surface area contributed by atoms with E-state index in [1.165, 1.54) is 9.77 Å². The first kappa shape index (κ1) is 14.2. The molecule has 1 aliphatic rings. The van der Waals surface area contributed by atoms with Gasteiger partial charge in [0, 0.05) is 0 Å². The number of rotatable bonds is 2. The summed E-state index contributed by atoms with van der Waals surface area (Å²) >= 11 is 3.49. The zero-order valence-electron chi connectivity index (χ0n) is 12.8. The van der Waals surface area contributed by atoms with Gasteiger partial charge in [-0.25, -0.2) is 9.97 Å². The van der Waals surface area contributed by atoms with Crippen molar-refractivity contribution in [3.8, 4) is 0 Å². The number of para-hydroxylation sites is 2. The number of H-pyrrole nitrogens is 2. The van der Waals surface area contributed by atoms with Crippen LogP contribution in [0.2, 0.25) is 0 Å². The fourth-order valence-corrected chi connectivity index (χ4v) is 5.73. The van der Waals surface area contributed by atoms with Crippen molar-refractivity contribution < 1.29 is 0 Å². The first-order chi connectivity index (χ1) is 11.8. The largest absolute Gasteiger partial charge is 0.342 e. The Hall–Kier alpha value is -2.12. The molecule has 0 radical (unpaired) electrons. The molecule has 3 aromatic heterocycles. The molecule has 7 heteroatoms. The quantitative estimate of drug-likeness (QED) is 0.578. The summed E-state index contributed by atoms with van der Waals surface area (Å²) in [4.78, 5) is 28.9. The van der Waals surface area contributed by atoms with Crippen LogP contribution in [0.3, 0.4) is 0 Å². The molecule has 4 heterocycles. The molecule has 0 fully saturated rings. The second-order valence-electron chi connectivity index (χ2n) is 5.89. The lowest BCUT2D eigenvalue weighted by Gasteiger charge is -2.09. The highest BCUT2D eigenvalue weighted by Crippen LogP contribution is 2.40. The lowest BCUT2D eigenvalue weighted by atomic mass is 10.1. The second-order valence-corrected chi connectivity index (χ2v) is 8.25. The minimum atomic E-state index is -0.0221. The van der Waals surface area contributed by atoms with E-state index in [-0.39, 0.29) is 5.56 Å². The maximum Gasteiger partial charge on any atom is 0.259 e. The van der Waals surface area contributed by atoms with Gasteiger partial charge in [-0.15, -0.1) is 23.1 Å². The molecule has 4 aromatic rings. The highest BCUT2D eigenvalue weighted by molar-refractivity contribution is 8.01. The Kier molecular flexibility index (Phi) is 3.24. The maximum absolute atomic E-state index is 12.6. The van der Waals surface area contributed by atoms with Crippen LogP contribution >= 0.6 is 23.1 Å². The van der Waals surface area contributed by atoms with Crippen molar-refractivity contribution in [3.63, 3.8) is 0 Å². The van der Waals surface area contributed by atoms with Crippen LogP contribution in [-0.2, 0) is 12.8 Å². The highest BCUT2D eigenvalue weighted by atomic mass is 32.2. The number of fused-ring (bicyclic) bond motifs is 4. The SMILES string of the molecule is O=c1[nH]c(Cc2nc3ccccc3[nH]2)nc2sc3c(c12)CCCS3. The molecule has 0 bridgehead atoms. The molecule has 5 rings (SSSR count). The topological polar surface area (TPSA) is 74.4 Å². The Morgan fingerprint density at radius 2 is 2.00 bits per heavy atom. The van der Waals surface area contributed by atoms with E-state index >= 15 is 0 Å².